The monoisotopic (exact) mass is 626 g/mol. The van der Waals surface area contributed by atoms with E-state index in [-0.39, 0.29) is 10.2 Å². The molecule has 42 heavy (non-hydrogen) atoms. The summed E-state index contributed by atoms with van der Waals surface area (Å²) >= 11 is 9.80. The number of aliphatic carboxylic acids is 1. The summed E-state index contributed by atoms with van der Waals surface area (Å²) in [5.41, 5.74) is 5.48. The molecule has 1 N–H and O–H groups in total. The SMILES string of the molecule is O=C(O)CN1C(=O)/C(=C/c2ccc(-c3ccc(-c4ccc5c(c4)C4C6CCC(C6)C4N5c4ccccc4)s3)s2)SC1=S. The van der Waals surface area contributed by atoms with E-state index < -0.39 is 12.5 Å². The van der Waals surface area contributed by atoms with Crippen molar-refractivity contribution >= 4 is 80.3 Å². The van der Waals surface area contributed by atoms with Gasteiger partial charge in [0, 0.05) is 42.8 Å². The average molecular weight is 627 g/mol. The Balaban J connectivity index is 1.07. The molecule has 2 aromatic carbocycles. The molecule has 0 spiro atoms. The summed E-state index contributed by atoms with van der Waals surface area (Å²) in [6.07, 6.45) is 5.87. The minimum Gasteiger partial charge on any atom is -0.480 e. The highest BCUT2D eigenvalue weighted by Gasteiger charge is 2.55. The topological polar surface area (TPSA) is 60.9 Å². The van der Waals surface area contributed by atoms with Crippen molar-refractivity contribution in [2.45, 2.75) is 31.2 Å². The van der Waals surface area contributed by atoms with E-state index in [4.69, 9.17) is 17.3 Å². The molecular weight excluding hydrogens is 601 g/mol. The minimum atomic E-state index is -1.08. The first-order valence-corrected chi connectivity index (χ1v) is 17.0. The second kappa shape index (κ2) is 10.2. The van der Waals surface area contributed by atoms with Crippen LogP contribution in [0.3, 0.4) is 0 Å². The number of rotatable bonds is 6. The number of amides is 1. The summed E-state index contributed by atoms with van der Waals surface area (Å²) in [6, 6.07) is 27.1. The molecule has 1 saturated heterocycles. The molecule has 3 fully saturated rings. The molecule has 2 aliphatic carbocycles. The normalized spacial score (nSPS) is 25.1. The number of para-hydroxylation sites is 1. The van der Waals surface area contributed by atoms with Gasteiger partial charge in [-0.05, 0) is 96.8 Å². The van der Waals surface area contributed by atoms with Gasteiger partial charge in [0.2, 0.25) is 0 Å². The molecule has 1 amide bonds. The van der Waals surface area contributed by atoms with Gasteiger partial charge < -0.3 is 10.0 Å². The largest absolute Gasteiger partial charge is 0.480 e. The average Bonchev–Trinajstić information content (AvgIpc) is 3.83. The Morgan fingerprint density at radius 1 is 0.952 bits per heavy atom. The fraction of sp³-hybridized carbons (Fsp3) is 0.242. The molecule has 4 heterocycles. The van der Waals surface area contributed by atoms with Crippen LogP contribution in [0.1, 0.15) is 35.6 Å². The van der Waals surface area contributed by atoms with Crippen molar-refractivity contribution in [1.82, 2.24) is 4.90 Å². The Kier molecular flexibility index (Phi) is 6.40. The number of carbonyl (C=O) groups is 2. The van der Waals surface area contributed by atoms with Crippen molar-refractivity contribution in [3.05, 3.63) is 88.1 Å². The molecule has 9 heteroatoms. The van der Waals surface area contributed by atoms with Crippen LogP contribution in [0.5, 0.6) is 0 Å². The van der Waals surface area contributed by atoms with Crippen molar-refractivity contribution in [3.63, 3.8) is 0 Å². The van der Waals surface area contributed by atoms with Crippen LogP contribution in [0.15, 0.2) is 77.7 Å². The standard InChI is InChI=1S/C33H26N2O3S4/c36-29(37)17-34-32(38)28(42-33(34)39)16-22-9-11-26(40-22)27-13-12-25(41-27)18-8-10-24-23(15-18)30-19-6-7-20(14-19)31(30)35(24)21-4-2-1-3-5-21/h1-5,8-13,15-16,19-20,30-31H,6-7,14,17H2,(H,36,37)/b28-16-. The van der Waals surface area contributed by atoms with Crippen LogP contribution in [-0.2, 0) is 9.59 Å². The molecular formula is C33H26N2O3S4. The van der Waals surface area contributed by atoms with Gasteiger partial charge in [-0.15, -0.1) is 22.7 Å². The number of benzene rings is 2. The van der Waals surface area contributed by atoms with Gasteiger partial charge in [0.05, 0.1) is 4.91 Å². The Hall–Kier alpha value is -3.24. The maximum Gasteiger partial charge on any atom is 0.323 e. The molecule has 2 aliphatic heterocycles. The third-order valence-electron chi connectivity index (χ3n) is 9.05. The van der Waals surface area contributed by atoms with Crippen molar-refractivity contribution in [3.8, 4) is 20.2 Å². The molecule has 5 nitrogen and oxygen atoms in total. The molecule has 2 aromatic heterocycles. The van der Waals surface area contributed by atoms with Gasteiger partial charge in [0.1, 0.15) is 10.9 Å². The second-order valence-corrected chi connectivity index (χ2v) is 15.2. The quantitative estimate of drug-likeness (QED) is 0.171. The van der Waals surface area contributed by atoms with E-state index in [2.05, 4.69) is 71.6 Å². The minimum absolute atomic E-state index is 0.284. The van der Waals surface area contributed by atoms with Gasteiger partial charge in [-0.3, -0.25) is 14.5 Å². The number of thioether (sulfide) groups is 1. The maximum absolute atomic E-state index is 12.7. The number of thiophene rings is 2. The highest BCUT2D eigenvalue weighted by molar-refractivity contribution is 8.26. The summed E-state index contributed by atoms with van der Waals surface area (Å²) in [5, 5.41) is 9.09. The molecule has 2 bridgehead atoms. The van der Waals surface area contributed by atoms with Gasteiger partial charge >= 0.3 is 5.97 Å². The van der Waals surface area contributed by atoms with E-state index in [9.17, 15) is 9.59 Å². The first kappa shape index (κ1) is 26.4. The lowest BCUT2D eigenvalue weighted by molar-refractivity contribution is -0.140. The number of carboxylic acid groups (broad SMARTS) is 1. The molecule has 210 valence electrons. The molecule has 4 unspecified atom stereocenters. The van der Waals surface area contributed by atoms with Crippen molar-refractivity contribution in [2.24, 2.45) is 11.8 Å². The first-order valence-electron chi connectivity index (χ1n) is 14.1. The number of fused-ring (bicyclic) bond motifs is 7. The van der Waals surface area contributed by atoms with E-state index in [0.29, 0.717) is 16.9 Å². The van der Waals surface area contributed by atoms with Crippen LogP contribution in [0.2, 0.25) is 0 Å². The summed E-state index contributed by atoms with van der Waals surface area (Å²) in [4.78, 5) is 32.5. The predicted octanol–water partition coefficient (Wildman–Crippen LogP) is 8.46. The molecule has 0 radical (unpaired) electrons. The van der Waals surface area contributed by atoms with Crippen LogP contribution in [0.4, 0.5) is 11.4 Å². The molecule has 4 aromatic rings. The number of carbonyl (C=O) groups excluding carboxylic acids is 1. The van der Waals surface area contributed by atoms with Crippen LogP contribution in [0.25, 0.3) is 26.3 Å². The molecule has 8 rings (SSSR count). The Morgan fingerprint density at radius 3 is 2.55 bits per heavy atom. The van der Waals surface area contributed by atoms with E-state index >= 15 is 0 Å². The van der Waals surface area contributed by atoms with Crippen LogP contribution >= 0.6 is 46.7 Å². The van der Waals surface area contributed by atoms with E-state index in [0.717, 1.165) is 38.3 Å². The highest BCUT2D eigenvalue weighted by Crippen LogP contribution is 2.62. The number of anilines is 2. The molecule has 4 atom stereocenters. The fourth-order valence-electron chi connectivity index (χ4n) is 7.41. The number of hydrogen-bond donors (Lipinski definition) is 1. The van der Waals surface area contributed by atoms with Crippen LogP contribution in [-0.4, -0.2) is 38.8 Å². The Labute approximate surface area is 261 Å². The number of carboxylic acids is 1. The van der Waals surface area contributed by atoms with Crippen molar-refractivity contribution in [1.29, 1.82) is 0 Å². The van der Waals surface area contributed by atoms with Crippen LogP contribution in [0, 0.1) is 11.8 Å². The fourth-order valence-corrected chi connectivity index (χ4v) is 10.8. The zero-order chi connectivity index (χ0) is 28.5. The lowest BCUT2D eigenvalue weighted by Gasteiger charge is -2.33. The first-order chi connectivity index (χ1) is 20.4. The lowest BCUT2D eigenvalue weighted by Crippen LogP contribution is -2.35. The Bertz CT molecular complexity index is 1790. The molecule has 2 saturated carbocycles. The number of hydrogen-bond acceptors (Lipinski definition) is 7. The van der Waals surface area contributed by atoms with Gasteiger partial charge in [-0.1, -0.05) is 48.2 Å². The lowest BCUT2D eigenvalue weighted by atomic mass is 9.82. The zero-order valence-corrected chi connectivity index (χ0v) is 25.7. The van der Waals surface area contributed by atoms with Gasteiger partial charge in [-0.25, -0.2) is 0 Å². The molecule has 4 aliphatic rings. The van der Waals surface area contributed by atoms with Gasteiger partial charge in [-0.2, -0.15) is 0 Å². The predicted molar refractivity (Wildman–Crippen MR) is 177 cm³/mol. The van der Waals surface area contributed by atoms with Gasteiger partial charge in [0.15, 0.2) is 0 Å². The van der Waals surface area contributed by atoms with Gasteiger partial charge in [0.25, 0.3) is 5.91 Å². The maximum atomic E-state index is 12.7. The van der Waals surface area contributed by atoms with E-state index in [1.165, 1.54) is 51.5 Å². The van der Waals surface area contributed by atoms with E-state index in [1.807, 2.05) is 12.1 Å². The van der Waals surface area contributed by atoms with Crippen molar-refractivity contribution in [2.75, 3.05) is 11.4 Å². The summed E-state index contributed by atoms with van der Waals surface area (Å²) in [7, 11) is 0. The summed E-state index contributed by atoms with van der Waals surface area (Å²) in [6.45, 7) is -0.411. The second-order valence-electron chi connectivity index (χ2n) is 11.4. The summed E-state index contributed by atoms with van der Waals surface area (Å²) in [5.74, 6) is 0.756. The van der Waals surface area contributed by atoms with Crippen LogP contribution < -0.4 is 4.90 Å². The Morgan fingerprint density at radius 2 is 1.71 bits per heavy atom. The smallest absolute Gasteiger partial charge is 0.323 e. The third kappa shape index (κ3) is 4.28. The summed E-state index contributed by atoms with van der Waals surface area (Å²) < 4.78 is 0.284. The number of thiocarbonyl (C=S) groups is 1. The van der Waals surface area contributed by atoms with E-state index in [1.54, 1.807) is 22.7 Å². The van der Waals surface area contributed by atoms with Crippen molar-refractivity contribution < 1.29 is 14.7 Å². The third-order valence-corrected chi connectivity index (χ3v) is 12.8. The zero-order valence-electron chi connectivity index (χ0n) is 22.4. The highest BCUT2D eigenvalue weighted by atomic mass is 32.2. The number of nitrogens with zero attached hydrogens (tertiary/aromatic N) is 2.